The number of alkyl halides is 1. The van der Waals surface area contributed by atoms with Crippen LogP contribution in [-0.2, 0) is 0 Å². The number of aryl methyl sites for hydroxylation is 1. The van der Waals surface area contributed by atoms with E-state index in [0.717, 1.165) is 21.7 Å². The third kappa shape index (κ3) is 3.03. The second kappa shape index (κ2) is 5.67. The Balaban J connectivity index is 2.46. The quantitative estimate of drug-likeness (QED) is 0.456. The maximum absolute atomic E-state index is 13.7. The van der Waals surface area contributed by atoms with Gasteiger partial charge in [0.2, 0.25) is 0 Å². The smallest absolute Gasteiger partial charge is 0.161 e. The summed E-state index contributed by atoms with van der Waals surface area (Å²) in [6.07, 6.45) is 0. The molecule has 2 aromatic rings. The topological polar surface area (TPSA) is 0 Å². The molecule has 0 amide bonds. The fourth-order valence-corrected chi connectivity index (χ4v) is 2.62. The lowest BCUT2D eigenvalue weighted by Gasteiger charge is -2.13. The molecular weight excluding hydrogens is 385 g/mol. The zero-order valence-corrected chi connectivity index (χ0v) is 13.0. The van der Waals surface area contributed by atoms with E-state index in [4.69, 9.17) is 0 Å². The standard InChI is InChI=1S/C14H9Br2F3/c1-7-4-8(2-3-10(7)15)14(16)9-5-12(18)13(19)6-11(9)17/h2-6,14H,1H3. The number of benzene rings is 2. The van der Waals surface area contributed by atoms with Gasteiger partial charge in [-0.15, -0.1) is 0 Å². The molecule has 0 heterocycles. The highest BCUT2D eigenvalue weighted by atomic mass is 79.9. The van der Waals surface area contributed by atoms with Gasteiger partial charge < -0.3 is 0 Å². The van der Waals surface area contributed by atoms with Crippen molar-refractivity contribution in [1.29, 1.82) is 0 Å². The van der Waals surface area contributed by atoms with Crippen LogP contribution in [0.3, 0.4) is 0 Å². The Bertz CT molecular complexity index is 626. The molecule has 0 spiro atoms. The van der Waals surface area contributed by atoms with Gasteiger partial charge in [-0.2, -0.15) is 0 Å². The van der Waals surface area contributed by atoms with Gasteiger partial charge >= 0.3 is 0 Å². The Morgan fingerprint density at radius 3 is 2.21 bits per heavy atom. The van der Waals surface area contributed by atoms with Crippen molar-refractivity contribution in [2.45, 2.75) is 11.8 Å². The van der Waals surface area contributed by atoms with Crippen LogP contribution in [0.15, 0.2) is 34.8 Å². The van der Waals surface area contributed by atoms with E-state index in [9.17, 15) is 13.2 Å². The van der Waals surface area contributed by atoms with E-state index in [0.29, 0.717) is 6.07 Å². The van der Waals surface area contributed by atoms with Crippen molar-refractivity contribution in [2.24, 2.45) is 0 Å². The molecule has 2 rings (SSSR count). The molecule has 0 saturated heterocycles. The van der Waals surface area contributed by atoms with Crippen LogP contribution in [0.25, 0.3) is 0 Å². The first kappa shape index (κ1) is 14.6. The van der Waals surface area contributed by atoms with E-state index in [2.05, 4.69) is 31.9 Å². The number of hydrogen-bond acceptors (Lipinski definition) is 0. The minimum Gasteiger partial charge on any atom is -0.207 e. The van der Waals surface area contributed by atoms with Crippen molar-refractivity contribution in [3.63, 3.8) is 0 Å². The van der Waals surface area contributed by atoms with Gasteiger partial charge in [-0.3, -0.25) is 0 Å². The molecule has 0 N–H and O–H groups in total. The van der Waals surface area contributed by atoms with Gasteiger partial charge in [-0.25, -0.2) is 13.2 Å². The maximum Gasteiger partial charge on any atom is 0.161 e. The number of hydrogen-bond donors (Lipinski definition) is 0. The van der Waals surface area contributed by atoms with Gasteiger partial charge in [0.15, 0.2) is 11.6 Å². The summed E-state index contributed by atoms with van der Waals surface area (Å²) in [7, 11) is 0. The van der Waals surface area contributed by atoms with Crippen molar-refractivity contribution in [2.75, 3.05) is 0 Å². The minimum absolute atomic E-state index is 0.0700. The molecule has 0 saturated carbocycles. The van der Waals surface area contributed by atoms with E-state index in [1.807, 2.05) is 19.1 Å². The Hall–Kier alpha value is -0.810. The molecule has 19 heavy (non-hydrogen) atoms. The molecule has 2 aromatic carbocycles. The number of rotatable bonds is 2. The number of halogens is 5. The van der Waals surface area contributed by atoms with Crippen LogP contribution in [0.4, 0.5) is 13.2 Å². The zero-order valence-electron chi connectivity index (χ0n) is 9.85. The Kier molecular flexibility index (Phi) is 4.36. The van der Waals surface area contributed by atoms with Crippen LogP contribution in [0.5, 0.6) is 0 Å². The van der Waals surface area contributed by atoms with E-state index in [1.165, 1.54) is 0 Å². The third-order valence-corrected chi connectivity index (χ3v) is 4.70. The largest absolute Gasteiger partial charge is 0.207 e. The van der Waals surface area contributed by atoms with Gasteiger partial charge in [0, 0.05) is 16.1 Å². The average Bonchev–Trinajstić information content (AvgIpc) is 2.36. The van der Waals surface area contributed by atoms with Crippen LogP contribution in [0.2, 0.25) is 0 Å². The summed E-state index contributed by atoms with van der Waals surface area (Å²) in [5, 5.41) is 0. The van der Waals surface area contributed by atoms with Crippen LogP contribution in [-0.4, -0.2) is 0 Å². The maximum atomic E-state index is 13.7. The van der Waals surface area contributed by atoms with E-state index < -0.39 is 22.3 Å². The average molecular weight is 394 g/mol. The molecule has 0 radical (unpaired) electrons. The molecule has 0 nitrogen and oxygen atoms in total. The first-order valence-electron chi connectivity index (χ1n) is 5.44. The summed E-state index contributed by atoms with van der Waals surface area (Å²) in [5.74, 6) is -3.02. The molecule has 0 aromatic heterocycles. The molecule has 5 heteroatoms. The Morgan fingerprint density at radius 2 is 1.58 bits per heavy atom. The van der Waals surface area contributed by atoms with Crippen LogP contribution < -0.4 is 0 Å². The normalized spacial score (nSPS) is 12.5. The van der Waals surface area contributed by atoms with Gasteiger partial charge in [0.25, 0.3) is 0 Å². The van der Waals surface area contributed by atoms with Crippen molar-refractivity contribution in [1.82, 2.24) is 0 Å². The first-order valence-corrected chi connectivity index (χ1v) is 7.15. The lowest BCUT2D eigenvalue weighted by atomic mass is 10.0. The van der Waals surface area contributed by atoms with E-state index in [-0.39, 0.29) is 5.56 Å². The fraction of sp³-hybridized carbons (Fsp3) is 0.143. The monoisotopic (exact) mass is 392 g/mol. The van der Waals surface area contributed by atoms with Crippen LogP contribution in [0, 0.1) is 24.4 Å². The van der Waals surface area contributed by atoms with Gasteiger partial charge in [-0.05, 0) is 30.2 Å². The van der Waals surface area contributed by atoms with Gasteiger partial charge in [-0.1, -0.05) is 44.0 Å². The fourth-order valence-electron chi connectivity index (χ4n) is 1.74. The predicted molar refractivity (Wildman–Crippen MR) is 76.0 cm³/mol. The molecule has 0 bridgehead atoms. The lowest BCUT2D eigenvalue weighted by molar-refractivity contribution is 0.491. The second-order valence-corrected chi connectivity index (χ2v) is 5.93. The molecule has 0 aliphatic carbocycles. The summed E-state index contributed by atoms with van der Waals surface area (Å²) in [4.78, 5) is -0.533. The van der Waals surface area contributed by atoms with E-state index in [1.54, 1.807) is 6.07 Å². The first-order chi connectivity index (χ1) is 8.90. The lowest BCUT2D eigenvalue weighted by Crippen LogP contribution is -2.00. The molecule has 1 atom stereocenters. The third-order valence-electron chi connectivity index (χ3n) is 2.79. The Morgan fingerprint density at radius 1 is 0.947 bits per heavy atom. The summed E-state index contributed by atoms with van der Waals surface area (Å²) >= 11 is 6.69. The zero-order chi connectivity index (χ0) is 14.2. The molecule has 0 fully saturated rings. The summed E-state index contributed by atoms with van der Waals surface area (Å²) in [6.45, 7) is 1.90. The summed E-state index contributed by atoms with van der Waals surface area (Å²) in [5.41, 5.74) is 1.82. The van der Waals surface area contributed by atoms with Crippen LogP contribution in [0.1, 0.15) is 21.5 Å². The second-order valence-electron chi connectivity index (χ2n) is 4.16. The SMILES string of the molecule is Cc1cc(C(Br)c2cc(F)c(F)cc2F)ccc1Br. The minimum atomic E-state index is -1.19. The Labute approximate surface area is 125 Å². The van der Waals surface area contributed by atoms with Crippen molar-refractivity contribution in [3.8, 4) is 0 Å². The van der Waals surface area contributed by atoms with Crippen LogP contribution >= 0.6 is 31.9 Å². The predicted octanol–water partition coefficient (Wildman–Crippen LogP) is 5.66. The molecule has 0 aliphatic rings. The highest BCUT2D eigenvalue weighted by Gasteiger charge is 2.18. The van der Waals surface area contributed by atoms with E-state index >= 15 is 0 Å². The van der Waals surface area contributed by atoms with Gasteiger partial charge in [0.1, 0.15) is 5.82 Å². The molecular formula is C14H9Br2F3. The molecule has 0 aliphatic heterocycles. The molecule has 1 unspecified atom stereocenters. The van der Waals surface area contributed by atoms with Crippen molar-refractivity contribution < 1.29 is 13.2 Å². The molecule has 100 valence electrons. The van der Waals surface area contributed by atoms with Gasteiger partial charge in [0.05, 0.1) is 4.83 Å². The highest BCUT2D eigenvalue weighted by molar-refractivity contribution is 9.10. The van der Waals surface area contributed by atoms with Crippen molar-refractivity contribution in [3.05, 3.63) is 68.9 Å². The summed E-state index contributed by atoms with van der Waals surface area (Å²) in [6, 6.07) is 6.91. The highest BCUT2D eigenvalue weighted by Crippen LogP contribution is 2.34. The summed E-state index contributed by atoms with van der Waals surface area (Å²) < 4.78 is 40.7. The van der Waals surface area contributed by atoms with Crippen molar-refractivity contribution >= 4 is 31.9 Å².